The van der Waals surface area contributed by atoms with Crippen LogP contribution in [0.3, 0.4) is 0 Å². The summed E-state index contributed by atoms with van der Waals surface area (Å²) in [6.07, 6.45) is 4.03. The molecule has 3 heterocycles. The lowest BCUT2D eigenvalue weighted by Crippen LogP contribution is -2.25. The third kappa shape index (κ3) is 3.52. The number of nitrogens with zero attached hydrogens (tertiary/aromatic N) is 3. The van der Waals surface area contributed by atoms with Crippen molar-refractivity contribution in [1.29, 1.82) is 0 Å². The van der Waals surface area contributed by atoms with Gasteiger partial charge in [-0.3, -0.25) is 9.20 Å². The first-order valence-electron chi connectivity index (χ1n) is 8.71. The lowest BCUT2D eigenvalue weighted by molar-refractivity contribution is 0.0670. The molecule has 1 aliphatic rings. The number of carbonyl (C=O) groups excluding carboxylic acids is 1. The van der Waals surface area contributed by atoms with Crippen molar-refractivity contribution in [2.24, 2.45) is 0 Å². The zero-order valence-corrected chi connectivity index (χ0v) is 14.3. The number of amides is 1. The van der Waals surface area contributed by atoms with Gasteiger partial charge in [0.1, 0.15) is 12.4 Å². The molecule has 1 amide bonds. The van der Waals surface area contributed by atoms with Gasteiger partial charge in [-0.25, -0.2) is 0 Å². The van der Waals surface area contributed by atoms with E-state index in [2.05, 4.69) is 15.5 Å². The predicted octanol–water partition coefficient (Wildman–Crippen LogP) is 2.22. The van der Waals surface area contributed by atoms with E-state index in [9.17, 15) is 4.79 Å². The molecule has 7 nitrogen and oxygen atoms in total. The van der Waals surface area contributed by atoms with Gasteiger partial charge >= 0.3 is 0 Å². The van der Waals surface area contributed by atoms with Crippen molar-refractivity contribution in [3.05, 3.63) is 60.0 Å². The summed E-state index contributed by atoms with van der Waals surface area (Å²) in [4.78, 5) is 12.6. The SMILES string of the molecule is O=C(NCc1nnc2ccccn12)c1ccccc1OC[C@H]1CCCO1. The highest BCUT2D eigenvalue weighted by Gasteiger charge is 2.18. The summed E-state index contributed by atoms with van der Waals surface area (Å²) in [7, 11) is 0. The fourth-order valence-electron chi connectivity index (χ4n) is 3.00. The number of para-hydroxylation sites is 1. The van der Waals surface area contributed by atoms with Crippen molar-refractivity contribution < 1.29 is 14.3 Å². The third-order valence-electron chi connectivity index (χ3n) is 4.37. The molecule has 1 aliphatic heterocycles. The Hall–Kier alpha value is -2.93. The van der Waals surface area contributed by atoms with E-state index in [1.165, 1.54) is 0 Å². The van der Waals surface area contributed by atoms with Gasteiger partial charge in [0.2, 0.25) is 0 Å². The molecular formula is C19H20N4O3. The Morgan fingerprint density at radius 1 is 1.23 bits per heavy atom. The van der Waals surface area contributed by atoms with Gasteiger partial charge in [-0.05, 0) is 37.1 Å². The summed E-state index contributed by atoms with van der Waals surface area (Å²) < 4.78 is 13.2. The van der Waals surface area contributed by atoms with Gasteiger partial charge in [0.15, 0.2) is 11.5 Å². The maximum absolute atomic E-state index is 12.6. The second kappa shape index (κ2) is 7.53. The van der Waals surface area contributed by atoms with Crippen molar-refractivity contribution in [1.82, 2.24) is 19.9 Å². The predicted molar refractivity (Wildman–Crippen MR) is 95.1 cm³/mol. The molecule has 0 radical (unpaired) electrons. The number of aromatic nitrogens is 3. The minimum absolute atomic E-state index is 0.105. The zero-order valence-electron chi connectivity index (χ0n) is 14.3. The number of fused-ring (bicyclic) bond motifs is 1. The molecule has 0 spiro atoms. The number of carbonyl (C=O) groups is 1. The maximum atomic E-state index is 12.6. The van der Waals surface area contributed by atoms with Gasteiger partial charge in [0, 0.05) is 12.8 Å². The number of hydrogen-bond donors (Lipinski definition) is 1. The summed E-state index contributed by atoms with van der Waals surface area (Å²) in [5.74, 6) is 1.03. The van der Waals surface area contributed by atoms with E-state index >= 15 is 0 Å². The lowest BCUT2D eigenvalue weighted by atomic mass is 10.2. The molecule has 3 aromatic rings. The van der Waals surface area contributed by atoms with Gasteiger partial charge in [-0.15, -0.1) is 10.2 Å². The summed E-state index contributed by atoms with van der Waals surface area (Å²) >= 11 is 0. The number of rotatable bonds is 6. The molecular weight excluding hydrogens is 332 g/mol. The van der Waals surface area contributed by atoms with Crippen molar-refractivity contribution in [2.45, 2.75) is 25.5 Å². The second-order valence-corrected chi connectivity index (χ2v) is 6.17. The van der Waals surface area contributed by atoms with Crippen LogP contribution in [0.5, 0.6) is 5.75 Å². The standard InChI is InChI=1S/C19H20N4O3/c24-19(20-12-18-22-21-17-9-3-4-10-23(17)18)15-7-1-2-8-16(15)26-13-14-6-5-11-25-14/h1-4,7-10,14H,5-6,11-13H2,(H,20,24)/t14-/m1/s1. The zero-order chi connectivity index (χ0) is 17.8. The molecule has 1 N–H and O–H groups in total. The van der Waals surface area contributed by atoms with Crippen LogP contribution in [-0.2, 0) is 11.3 Å². The molecule has 1 fully saturated rings. The van der Waals surface area contributed by atoms with Gasteiger partial charge in [0.25, 0.3) is 5.91 Å². The summed E-state index contributed by atoms with van der Waals surface area (Å²) in [6.45, 7) is 1.52. The number of nitrogens with one attached hydrogen (secondary N) is 1. The lowest BCUT2D eigenvalue weighted by Gasteiger charge is -2.14. The quantitative estimate of drug-likeness (QED) is 0.736. The Labute approximate surface area is 151 Å². The van der Waals surface area contributed by atoms with Gasteiger partial charge < -0.3 is 14.8 Å². The molecule has 2 aromatic heterocycles. The molecule has 26 heavy (non-hydrogen) atoms. The van der Waals surface area contributed by atoms with Crippen molar-refractivity contribution in [2.75, 3.05) is 13.2 Å². The van der Waals surface area contributed by atoms with Crippen LogP contribution in [0, 0.1) is 0 Å². The minimum atomic E-state index is -0.208. The van der Waals surface area contributed by atoms with E-state index in [0.29, 0.717) is 23.7 Å². The van der Waals surface area contributed by atoms with Crippen LogP contribution >= 0.6 is 0 Å². The molecule has 1 aromatic carbocycles. The van der Waals surface area contributed by atoms with E-state index in [4.69, 9.17) is 9.47 Å². The van der Waals surface area contributed by atoms with Gasteiger partial charge in [0.05, 0.1) is 18.2 Å². The minimum Gasteiger partial charge on any atom is -0.490 e. The van der Waals surface area contributed by atoms with Crippen LogP contribution in [-0.4, -0.2) is 39.8 Å². The van der Waals surface area contributed by atoms with Crippen LogP contribution in [0.25, 0.3) is 5.65 Å². The first-order chi connectivity index (χ1) is 12.8. The Morgan fingerprint density at radius 3 is 3.00 bits per heavy atom. The topological polar surface area (TPSA) is 77.8 Å². The molecule has 1 saturated heterocycles. The summed E-state index contributed by atoms with van der Waals surface area (Å²) in [6, 6.07) is 12.9. The monoisotopic (exact) mass is 352 g/mol. The van der Waals surface area contributed by atoms with Crippen molar-refractivity contribution >= 4 is 11.6 Å². The highest BCUT2D eigenvalue weighted by molar-refractivity contribution is 5.96. The maximum Gasteiger partial charge on any atom is 0.255 e. The largest absolute Gasteiger partial charge is 0.490 e. The second-order valence-electron chi connectivity index (χ2n) is 6.17. The van der Waals surface area contributed by atoms with E-state index in [0.717, 1.165) is 25.1 Å². The van der Waals surface area contributed by atoms with Crippen LogP contribution in [0.1, 0.15) is 29.0 Å². The van der Waals surface area contributed by atoms with Crippen LogP contribution in [0.15, 0.2) is 48.7 Å². The van der Waals surface area contributed by atoms with E-state index in [-0.39, 0.29) is 18.6 Å². The molecule has 0 bridgehead atoms. The number of hydrogen-bond acceptors (Lipinski definition) is 5. The Bertz CT molecular complexity index is 902. The van der Waals surface area contributed by atoms with Crippen molar-refractivity contribution in [3.8, 4) is 5.75 Å². The average Bonchev–Trinajstić information content (AvgIpc) is 3.34. The molecule has 0 aliphatic carbocycles. The summed E-state index contributed by atoms with van der Waals surface area (Å²) in [5.41, 5.74) is 1.25. The van der Waals surface area contributed by atoms with Gasteiger partial charge in [-0.1, -0.05) is 18.2 Å². The van der Waals surface area contributed by atoms with E-state index in [1.54, 1.807) is 12.1 Å². The van der Waals surface area contributed by atoms with Gasteiger partial charge in [-0.2, -0.15) is 0 Å². The molecule has 4 rings (SSSR count). The van der Waals surface area contributed by atoms with Crippen LogP contribution in [0.2, 0.25) is 0 Å². The first kappa shape index (κ1) is 16.5. The highest BCUT2D eigenvalue weighted by Crippen LogP contribution is 2.20. The Balaban J connectivity index is 1.42. The summed E-state index contributed by atoms with van der Waals surface area (Å²) in [5, 5.41) is 11.1. The van der Waals surface area contributed by atoms with E-state index < -0.39 is 0 Å². The fraction of sp³-hybridized carbons (Fsp3) is 0.316. The smallest absolute Gasteiger partial charge is 0.255 e. The highest BCUT2D eigenvalue weighted by atomic mass is 16.5. The number of benzene rings is 1. The van der Waals surface area contributed by atoms with E-state index in [1.807, 2.05) is 40.9 Å². The molecule has 0 unspecified atom stereocenters. The molecule has 134 valence electrons. The fourth-order valence-corrected chi connectivity index (χ4v) is 3.00. The third-order valence-corrected chi connectivity index (χ3v) is 4.37. The average molecular weight is 352 g/mol. The molecule has 7 heteroatoms. The number of pyridine rings is 1. The van der Waals surface area contributed by atoms with Crippen LogP contribution < -0.4 is 10.1 Å². The van der Waals surface area contributed by atoms with Crippen LogP contribution in [0.4, 0.5) is 0 Å². The molecule has 1 atom stereocenters. The Morgan fingerprint density at radius 2 is 2.12 bits per heavy atom. The first-order valence-corrected chi connectivity index (χ1v) is 8.71. The normalized spacial score (nSPS) is 16.7. The molecule has 0 saturated carbocycles. The number of ether oxygens (including phenoxy) is 2. The Kier molecular flexibility index (Phi) is 4.79. The van der Waals surface area contributed by atoms with Crippen molar-refractivity contribution in [3.63, 3.8) is 0 Å².